The summed E-state index contributed by atoms with van der Waals surface area (Å²) in [4.78, 5) is 20.7. The summed E-state index contributed by atoms with van der Waals surface area (Å²) in [5, 5.41) is 8.21. The van der Waals surface area contributed by atoms with E-state index in [9.17, 15) is 9.59 Å². The average Bonchev–Trinajstić information content (AvgIpc) is 1.98. The number of hydrogen-bond donors (Lipinski definition) is 1. The van der Waals surface area contributed by atoms with Crippen molar-refractivity contribution in [3.05, 3.63) is 11.8 Å². The second-order valence-electron chi connectivity index (χ2n) is 1.89. The van der Waals surface area contributed by atoms with E-state index in [1.807, 2.05) is 0 Å². The quantitative estimate of drug-likeness (QED) is 0.369. The Morgan fingerprint density at radius 2 is 2.09 bits per heavy atom. The highest BCUT2D eigenvalue weighted by Crippen LogP contribution is 1.94. The van der Waals surface area contributed by atoms with Gasteiger partial charge < -0.3 is 9.84 Å². The molecule has 0 aromatic heterocycles. The third-order valence-corrected chi connectivity index (χ3v) is 0.979. The Balaban J connectivity index is 4.12. The lowest BCUT2D eigenvalue weighted by Gasteiger charge is -1.95. The summed E-state index contributed by atoms with van der Waals surface area (Å²) in [7, 11) is 0. The van der Waals surface area contributed by atoms with E-state index in [2.05, 4.69) is 0 Å². The minimum absolute atomic E-state index is 0.0966. The van der Waals surface area contributed by atoms with Crippen LogP contribution >= 0.6 is 0 Å². The maximum Gasteiger partial charge on any atom is 0.376 e. The van der Waals surface area contributed by atoms with Gasteiger partial charge in [-0.15, -0.1) is 0 Å². The van der Waals surface area contributed by atoms with E-state index in [4.69, 9.17) is 9.84 Å². The van der Waals surface area contributed by atoms with E-state index in [-0.39, 0.29) is 5.57 Å². The molecule has 0 aliphatic heterocycles. The number of carbonyl (C=O) groups excluding carboxylic acids is 1. The standard InChI is InChI=1S/C7H10O4/c1-3-11-4-5(2)6(8)7(9)10/h4H,3H2,1-2H3,(H,9,10)/b5-4+. The van der Waals surface area contributed by atoms with Crippen molar-refractivity contribution in [1.29, 1.82) is 0 Å². The normalized spacial score (nSPS) is 10.9. The SMILES string of the molecule is CCO/C=C(\C)C(=O)C(=O)O. The summed E-state index contributed by atoms with van der Waals surface area (Å²) in [6, 6.07) is 0. The molecular formula is C7H10O4. The molecule has 0 amide bonds. The van der Waals surface area contributed by atoms with E-state index in [1.54, 1.807) is 6.92 Å². The van der Waals surface area contributed by atoms with Crippen LogP contribution in [-0.4, -0.2) is 23.5 Å². The molecule has 0 rings (SSSR count). The number of ether oxygens (including phenoxy) is 1. The largest absolute Gasteiger partial charge is 0.501 e. The highest BCUT2D eigenvalue weighted by Gasteiger charge is 2.13. The number of hydrogen-bond acceptors (Lipinski definition) is 3. The number of Topliss-reactive ketones (excluding diaryl/α,β-unsaturated/α-hetero) is 1. The van der Waals surface area contributed by atoms with Gasteiger partial charge >= 0.3 is 5.97 Å². The molecule has 0 saturated carbocycles. The molecule has 0 spiro atoms. The molecular weight excluding hydrogens is 148 g/mol. The molecule has 0 heterocycles. The average molecular weight is 158 g/mol. The van der Waals surface area contributed by atoms with E-state index < -0.39 is 11.8 Å². The monoisotopic (exact) mass is 158 g/mol. The van der Waals surface area contributed by atoms with Gasteiger partial charge in [0.25, 0.3) is 5.78 Å². The van der Waals surface area contributed by atoms with Gasteiger partial charge in [0.05, 0.1) is 12.9 Å². The Morgan fingerprint density at radius 3 is 2.45 bits per heavy atom. The lowest BCUT2D eigenvalue weighted by Crippen LogP contribution is -2.13. The molecule has 0 radical (unpaired) electrons. The van der Waals surface area contributed by atoms with Crippen molar-refractivity contribution in [2.24, 2.45) is 0 Å². The molecule has 0 saturated heterocycles. The van der Waals surface area contributed by atoms with Gasteiger partial charge in [-0.3, -0.25) is 4.79 Å². The summed E-state index contributed by atoms with van der Waals surface area (Å²) >= 11 is 0. The molecule has 62 valence electrons. The van der Waals surface area contributed by atoms with Crippen molar-refractivity contribution in [3.8, 4) is 0 Å². The zero-order valence-corrected chi connectivity index (χ0v) is 6.46. The number of rotatable bonds is 4. The van der Waals surface area contributed by atoms with Crippen molar-refractivity contribution in [2.45, 2.75) is 13.8 Å². The fourth-order valence-electron chi connectivity index (χ4n) is 0.431. The van der Waals surface area contributed by atoms with Gasteiger partial charge in [-0.2, -0.15) is 0 Å². The Labute approximate surface area is 64.5 Å². The summed E-state index contributed by atoms with van der Waals surface area (Å²) in [5.74, 6) is -2.39. The number of carboxylic acids is 1. The Morgan fingerprint density at radius 1 is 1.55 bits per heavy atom. The van der Waals surface area contributed by atoms with Gasteiger partial charge in [0.15, 0.2) is 0 Å². The van der Waals surface area contributed by atoms with Crippen LogP contribution in [0.5, 0.6) is 0 Å². The van der Waals surface area contributed by atoms with Crippen molar-refractivity contribution in [2.75, 3.05) is 6.61 Å². The summed E-state index contributed by atoms with van der Waals surface area (Å²) < 4.78 is 4.72. The van der Waals surface area contributed by atoms with Crippen LogP contribution in [0.25, 0.3) is 0 Å². The van der Waals surface area contributed by atoms with Crippen molar-refractivity contribution >= 4 is 11.8 Å². The third-order valence-electron chi connectivity index (χ3n) is 0.979. The zero-order valence-electron chi connectivity index (χ0n) is 6.46. The summed E-state index contributed by atoms with van der Waals surface area (Å²) in [6.45, 7) is 3.56. The van der Waals surface area contributed by atoms with Gasteiger partial charge in [-0.05, 0) is 13.8 Å². The maximum atomic E-state index is 10.6. The molecule has 0 aromatic rings. The Bertz CT molecular complexity index is 193. The van der Waals surface area contributed by atoms with Crippen molar-refractivity contribution in [3.63, 3.8) is 0 Å². The van der Waals surface area contributed by atoms with E-state index in [0.29, 0.717) is 6.61 Å². The number of carbonyl (C=O) groups is 2. The number of carboxylic acid groups (broad SMARTS) is 1. The van der Waals surface area contributed by atoms with Gasteiger partial charge in [0, 0.05) is 5.57 Å². The van der Waals surface area contributed by atoms with E-state index in [1.165, 1.54) is 6.92 Å². The van der Waals surface area contributed by atoms with Crippen LogP contribution in [0.4, 0.5) is 0 Å². The van der Waals surface area contributed by atoms with Crippen molar-refractivity contribution in [1.82, 2.24) is 0 Å². The second kappa shape index (κ2) is 4.49. The molecule has 0 aliphatic rings. The Hall–Kier alpha value is -1.32. The van der Waals surface area contributed by atoms with E-state index >= 15 is 0 Å². The van der Waals surface area contributed by atoms with Crippen molar-refractivity contribution < 1.29 is 19.4 Å². The van der Waals surface area contributed by atoms with Crippen LogP contribution in [0.2, 0.25) is 0 Å². The zero-order chi connectivity index (χ0) is 8.85. The topological polar surface area (TPSA) is 63.6 Å². The lowest BCUT2D eigenvalue weighted by atomic mass is 10.2. The molecule has 1 N–H and O–H groups in total. The maximum absolute atomic E-state index is 10.6. The van der Waals surface area contributed by atoms with Crippen LogP contribution in [0, 0.1) is 0 Å². The predicted molar refractivity (Wildman–Crippen MR) is 38.0 cm³/mol. The molecule has 4 nitrogen and oxygen atoms in total. The molecule has 11 heavy (non-hydrogen) atoms. The van der Waals surface area contributed by atoms with Gasteiger partial charge in [-0.1, -0.05) is 0 Å². The third kappa shape index (κ3) is 3.40. The first-order valence-corrected chi connectivity index (χ1v) is 3.15. The van der Waals surface area contributed by atoms with Crippen LogP contribution in [0.3, 0.4) is 0 Å². The highest BCUT2D eigenvalue weighted by molar-refractivity contribution is 6.39. The fraction of sp³-hybridized carbons (Fsp3) is 0.429. The Kier molecular flexibility index (Phi) is 3.95. The minimum atomic E-state index is -1.46. The van der Waals surface area contributed by atoms with Gasteiger partial charge in [-0.25, -0.2) is 4.79 Å². The van der Waals surface area contributed by atoms with Gasteiger partial charge in [0.2, 0.25) is 0 Å². The molecule has 0 aliphatic carbocycles. The van der Waals surface area contributed by atoms with Crippen LogP contribution in [0.15, 0.2) is 11.8 Å². The van der Waals surface area contributed by atoms with Crippen LogP contribution < -0.4 is 0 Å². The van der Waals surface area contributed by atoms with Gasteiger partial charge in [0.1, 0.15) is 0 Å². The number of aliphatic carboxylic acids is 1. The minimum Gasteiger partial charge on any atom is -0.501 e. The van der Waals surface area contributed by atoms with Crippen LogP contribution in [0.1, 0.15) is 13.8 Å². The lowest BCUT2D eigenvalue weighted by molar-refractivity contribution is -0.147. The molecule has 4 heteroatoms. The molecule has 0 atom stereocenters. The fourth-order valence-corrected chi connectivity index (χ4v) is 0.431. The first-order valence-electron chi connectivity index (χ1n) is 3.15. The molecule has 0 aromatic carbocycles. The summed E-state index contributed by atoms with van der Waals surface area (Å²) in [5.41, 5.74) is 0.0966. The first kappa shape index (κ1) is 9.68. The smallest absolute Gasteiger partial charge is 0.376 e. The van der Waals surface area contributed by atoms with E-state index in [0.717, 1.165) is 6.26 Å². The number of ketones is 1. The molecule has 0 fully saturated rings. The second-order valence-corrected chi connectivity index (χ2v) is 1.89. The molecule has 0 unspecified atom stereocenters. The first-order chi connectivity index (χ1) is 5.09. The summed E-state index contributed by atoms with van der Waals surface area (Å²) in [6.07, 6.45) is 1.15. The highest BCUT2D eigenvalue weighted by atomic mass is 16.5. The predicted octanol–water partition coefficient (Wildman–Crippen LogP) is 0.580. The van der Waals surface area contributed by atoms with Crippen LogP contribution in [-0.2, 0) is 14.3 Å². The molecule has 0 bridgehead atoms.